The zero-order valence-corrected chi connectivity index (χ0v) is 14.4. The minimum atomic E-state index is 0.0547. The van der Waals surface area contributed by atoms with Gasteiger partial charge in [0.2, 0.25) is 0 Å². The van der Waals surface area contributed by atoms with E-state index in [-0.39, 0.29) is 5.91 Å². The lowest BCUT2D eigenvalue weighted by molar-refractivity contribution is 0.0602. The summed E-state index contributed by atoms with van der Waals surface area (Å²) < 4.78 is 1.90. The molecule has 1 atom stereocenters. The van der Waals surface area contributed by atoms with Gasteiger partial charge in [0.25, 0.3) is 5.91 Å². The molecule has 1 aromatic heterocycles. The Labute approximate surface area is 143 Å². The molecule has 3 aliphatic rings. The second kappa shape index (κ2) is 7.19. The molecule has 3 fully saturated rings. The van der Waals surface area contributed by atoms with Gasteiger partial charge in [-0.25, -0.2) is 4.68 Å². The van der Waals surface area contributed by atoms with Crippen molar-refractivity contribution in [2.24, 2.45) is 0 Å². The van der Waals surface area contributed by atoms with Crippen LogP contribution in [0.2, 0.25) is 0 Å². The van der Waals surface area contributed by atoms with Crippen molar-refractivity contribution in [3.63, 3.8) is 0 Å². The fourth-order valence-electron chi connectivity index (χ4n) is 4.33. The number of aromatic nitrogens is 3. The highest BCUT2D eigenvalue weighted by Gasteiger charge is 2.31. The number of carbonyl (C=O) groups is 1. The van der Waals surface area contributed by atoms with Gasteiger partial charge in [-0.3, -0.25) is 9.69 Å². The van der Waals surface area contributed by atoms with Crippen molar-refractivity contribution >= 4 is 5.91 Å². The standard InChI is InChI=1S/C17H28N6O/c24-17(16-13-23(20-19-16)14-5-7-18-8-6-14)22-11-3-4-15(12-22)21-9-1-2-10-21/h13-15,18H,1-12H2. The van der Waals surface area contributed by atoms with E-state index in [0.29, 0.717) is 17.8 Å². The van der Waals surface area contributed by atoms with Crippen LogP contribution in [-0.4, -0.2) is 76.0 Å². The maximum Gasteiger partial charge on any atom is 0.276 e. The number of rotatable bonds is 3. The molecule has 4 rings (SSSR count). The highest BCUT2D eigenvalue weighted by Crippen LogP contribution is 2.22. The summed E-state index contributed by atoms with van der Waals surface area (Å²) in [5.41, 5.74) is 0.510. The molecule has 24 heavy (non-hydrogen) atoms. The highest BCUT2D eigenvalue weighted by atomic mass is 16.2. The molecule has 3 aliphatic heterocycles. The van der Waals surface area contributed by atoms with Crippen molar-refractivity contribution < 1.29 is 4.79 Å². The molecule has 1 N–H and O–H groups in total. The summed E-state index contributed by atoms with van der Waals surface area (Å²) in [6.45, 7) is 6.11. The third-order valence-electron chi connectivity index (χ3n) is 5.75. The number of amides is 1. The lowest BCUT2D eigenvalue weighted by Crippen LogP contribution is -2.49. The highest BCUT2D eigenvalue weighted by molar-refractivity contribution is 5.92. The molecule has 1 aromatic rings. The van der Waals surface area contributed by atoms with Crippen molar-refractivity contribution in [3.8, 4) is 0 Å². The van der Waals surface area contributed by atoms with Crippen LogP contribution in [0.25, 0.3) is 0 Å². The zero-order chi connectivity index (χ0) is 16.4. The molecular formula is C17H28N6O. The minimum Gasteiger partial charge on any atom is -0.336 e. The first-order valence-electron chi connectivity index (χ1n) is 9.47. The third kappa shape index (κ3) is 3.32. The van der Waals surface area contributed by atoms with E-state index >= 15 is 0 Å². The number of hydrogen-bond acceptors (Lipinski definition) is 5. The van der Waals surface area contributed by atoms with Crippen LogP contribution in [0.3, 0.4) is 0 Å². The molecule has 4 heterocycles. The number of nitrogens with one attached hydrogen (secondary N) is 1. The SMILES string of the molecule is O=C(c1cn(C2CCNCC2)nn1)N1CCCC(N2CCCC2)C1. The Bertz CT molecular complexity index is 561. The molecule has 7 heteroatoms. The summed E-state index contributed by atoms with van der Waals surface area (Å²) in [7, 11) is 0. The largest absolute Gasteiger partial charge is 0.336 e. The van der Waals surface area contributed by atoms with E-state index in [1.165, 1.54) is 32.4 Å². The second-order valence-electron chi connectivity index (χ2n) is 7.36. The Hall–Kier alpha value is -1.47. The van der Waals surface area contributed by atoms with Gasteiger partial charge in [-0.05, 0) is 64.7 Å². The van der Waals surface area contributed by atoms with E-state index in [0.717, 1.165) is 45.4 Å². The quantitative estimate of drug-likeness (QED) is 0.891. The first kappa shape index (κ1) is 16.0. The molecule has 0 aromatic carbocycles. The van der Waals surface area contributed by atoms with Crippen LogP contribution in [0, 0.1) is 0 Å². The van der Waals surface area contributed by atoms with Crippen molar-refractivity contribution in [1.82, 2.24) is 30.1 Å². The molecule has 1 unspecified atom stereocenters. The summed E-state index contributed by atoms with van der Waals surface area (Å²) in [5, 5.41) is 11.8. The van der Waals surface area contributed by atoms with Gasteiger partial charge >= 0.3 is 0 Å². The molecule has 0 radical (unpaired) electrons. The fraction of sp³-hybridized carbons (Fsp3) is 0.824. The maximum atomic E-state index is 12.8. The number of piperidine rings is 2. The summed E-state index contributed by atoms with van der Waals surface area (Å²) >= 11 is 0. The molecule has 7 nitrogen and oxygen atoms in total. The van der Waals surface area contributed by atoms with Crippen molar-refractivity contribution in [2.45, 2.75) is 50.6 Å². The molecule has 0 aliphatic carbocycles. The predicted octanol–water partition coefficient (Wildman–Crippen LogP) is 0.903. The van der Waals surface area contributed by atoms with Gasteiger partial charge in [-0.15, -0.1) is 5.10 Å². The zero-order valence-electron chi connectivity index (χ0n) is 14.4. The van der Waals surface area contributed by atoms with Crippen molar-refractivity contribution in [1.29, 1.82) is 0 Å². The average Bonchev–Trinajstić information content (AvgIpc) is 3.34. The van der Waals surface area contributed by atoms with Crippen LogP contribution in [0.1, 0.15) is 55.1 Å². The van der Waals surface area contributed by atoms with Crippen molar-refractivity contribution in [2.75, 3.05) is 39.3 Å². The van der Waals surface area contributed by atoms with Crippen LogP contribution in [-0.2, 0) is 0 Å². The molecular weight excluding hydrogens is 304 g/mol. The molecule has 3 saturated heterocycles. The molecule has 1 amide bonds. The van der Waals surface area contributed by atoms with Gasteiger partial charge in [-0.2, -0.15) is 0 Å². The van der Waals surface area contributed by atoms with Gasteiger partial charge in [0.05, 0.1) is 12.2 Å². The van der Waals surface area contributed by atoms with Crippen LogP contribution < -0.4 is 5.32 Å². The second-order valence-corrected chi connectivity index (χ2v) is 7.36. The van der Waals surface area contributed by atoms with Gasteiger partial charge < -0.3 is 10.2 Å². The first-order valence-corrected chi connectivity index (χ1v) is 9.47. The topological polar surface area (TPSA) is 66.3 Å². The van der Waals surface area contributed by atoms with E-state index in [4.69, 9.17) is 0 Å². The monoisotopic (exact) mass is 332 g/mol. The summed E-state index contributed by atoms with van der Waals surface area (Å²) in [6, 6.07) is 0.906. The smallest absolute Gasteiger partial charge is 0.276 e. The predicted molar refractivity (Wildman–Crippen MR) is 90.9 cm³/mol. The number of hydrogen-bond donors (Lipinski definition) is 1. The van der Waals surface area contributed by atoms with E-state index in [1.807, 2.05) is 15.8 Å². The number of nitrogens with zero attached hydrogens (tertiary/aromatic N) is 5. The maximum absolute atomic E-state index is 12.8. The van der Waals surface area contributed by atoms with Crippen LogP contribution >= 0.6 is 0 Å². The van der Waals surface area contributed by atoms with E-state index in [2.05, 4.69) is 20.5 Å². The number of carbonyl (C=O) groups excluding carboxylic acids is 1. The van der Waals surface area contributed by atoms with Crippen molar-refractivity contribution in [3.05, 3.63) is 11.9 Å². The third-order valence-corrected chi connectivity index (χ3v) is 5.75. The van der Waals surface area contributed by atoms with E-state index in [9.17, 15) is 4.79 Å². The van der Waals surface area contributed by atoms with Gasteiger partial charge in [0.1, 0.15) is 0 Å². The lowest BCUT2D eigenvalue weighted by Gasteiger charge is -2.37. The van der Waals surface area contributed by atoms with E-state index in [1.54, 1.807) is 0 Å². The summed E-state index contributed by atoms with van der Waals surface area (Å²) in [6.07, 6.45) is 8.87. The lowest BCUT2D eigenvalue weighted by atomic mass is 10.0. The van der Waals surface area contributed by atoms with Gasteiger partial charge in [-0.1, -0.05) is 5.21 Å². The fourth-order valence-corrected chi connectivity index (χ4v) is 4.33. The Kier molecular flexibility index (Phi) is 4.80. The van der Waals surface area contributed by atoms with Gasteiger partial charge in [0.15, 0.2) is 5.69 Å². The van der Waals surface area contributed by atoms with Crippen LogP contribution in [0.4, 0.5) is 0 Å². The Morgan fingerprint density at radius 1 is 1.04 bits per heavy atom. The molecule has 132 valence electrons. The molecule has 0 spiro atoms. The van der Waals surface area contributed by atoms with E-state index < -0.39 is 0 Å². The summed E-state index contributed by atoms with van der Waals surface area (Å²) in [4.78, 5) is 17.4. The van der Waals surface area contributed by atoms with Crippen LogP contribution in [0.5, 0.6) is 0 Å². The minimum absolute atomic E-state index is 0.0547. The van der Waals surface area contributed by atoms with Gasteiger partial charge in [0, 0.05) is 19.1 Å². The first-order chi connectivity index (χ1) is 11.8. The normalized spacial score (nSPS) is 26.8. The summed E-state index contributed by atoms with van der Waals surface area (Å²) in [5.74, 6) is 0.0547. The van der Waals surface area contributed by atoms with Crippen LogP contribution in [0.15, 0.2) is 6.20 Å². The Balaban J connectivity index is 1.40. The molecule has 0 bridgehead atoms. The Morgan fingerprint density at radius 3 is 2.62 bits per heavy atom. The number of likely N-dealkylation sites (tertiary alicyclic amines) is 2. The average molecular weight is 332 g/mol. The molecule has 0 saturated carbocycles. The Morgan fingerprint density at radius 2 is 1.83 bits per heavy atom.